The molecule has 3 aliphatic rings. The van der Waals surface area contributed by atoms with E-state index in [-0.39, 0.29) is 37.3 Å². The number of aliphatic hydroxyl groups is 1. The lowest BCUT2D eigenvalue weighted by Crippen LogP contribution is -2.67. The molecule has 0 aromatic heterocycles. The van der Waals surface area contributed by atoms with Crippen LogP contribution in [0.5, 0.6) is 17.2 Å². The average molecular weight is 501 g/mol. The van der Waals surface area contributed by atoms with Gasteiger partial charge in [0.15, 0.2) is 11.5 Å². The summed E-state index contributed by atoms with van der Waals surface area (Å²) in [5.74, 6) is 2.31. The van der Waals surface area contributed by atoms with Gasteiger partial charge in [-0.1, -0.05) is 36.4 Å². The van der Waals surface area contributed by atoms with Gasteiger partial charge in [0.2, 0.25) is 6.79 Å². The molecule has 192 valence electrons. The summed E-state index contributed by atoms with van der Waals surface area (Å²) in [6.07, 6.45) is 1.94. The first-order valence-electron chi connectivity index (χ1n) is 13.0. The Morgan fingerprint density at radius 3 is 2.59 bits per heavy atom. The van der Waals surface area contributed by atoms with Gasteiger partial charge in [0.05, 0.1) is 13.7 Å². The number of amides is 1. The van der Waals surface area contributed by atoms with E-state index in [1.807, 2.05) is 35.2 Å². The molecule has 0 bridgehead atoms. The van der Waals surface area contributed by atoms with Gasteiger partial charge in [-0.3, -0.25) is 9.69 Å². The third-order valence-corrected chi connectivity index (χ3v) is 7.98. The molecule has 7 nitrogen and oxygen atoms in total. The Balaban J connectivity index is 1.24. The molecular formula is C30H32N2O5. The van der Waals surface area contributed by atoms with Gasteiger partial charge in [-0.25, -0.2) is 0 Å². The molecule has 3 aromatic rings. The summed E-state index contributed by atoms with van der Waals surface area (Å²) in [4.78, 5) is 17.9. The molecule has 0 unspecified atom stereocenters. The third-order valence-electron chi connectivity index (χ3n) is 7.98. The predicted molar refractivity (Wildman–Crippen MR) is 140 cm³/mol. The summed E-state index contributed by atoms with van der Waals surface area (Å²) >= 11 is 0. The molecule has 1 amide bonds. The van der Waals surface area contributed by atoms with Crippen LogP contribution in [0.3, 0.4) is 0 Å². The van der Waals surface area contributed by atoms with E-state index >= 15 is 0 Å². The normalized spacial score (nSPS) is 23.0. The van der Waals surface area contributed by atoms with Crippen molar-refractivity contribution in [3.05, 3.63) is 77.9 Å². The summed E-state index contributed by atoms with van der Waals surface area (Å²) in [7, 11) is 1.68. The van der Waals surface area contributed by atoms with Crippen molar-refractivity contribution in [2.75, 3.05) is 40.1 Å². The zero-order valence-corrected chi connectivity index (χ0v) is 21.0. The van der Waals surface area contributed by atoms with Gasteiger partial charge in [-0.2, -0.15) is 0 Å². The Labute approximate surface area is 217 Å². The number of nitrogens with zero attached hydrogens (tertiary/aromatic N) is 2. The van der Waals surface area contributed by atoms with Crippen LogP contribution in [-0.4, -0.2) is 73.0 Å². The maximum absolute atomic E-state index is 13.5. The number of benzene rings is 3. The molecule has 3 aromatic carbocycles. The van der Waals surface area contributed by atoms with Crippen LogP contribution in [-0.2, 0) is 0 Å². The van der Waals surface area contributed by atoms with Crippen LogP contribution < -0.4 is 14.2 Å². The molecule has 2 fully saturated rings. The number of ether oxygens (including phenoxy) is 3. The highest BCUT2D eigenvalue weighted by molar-refractivity contribution is 5.95. The molecule has 3 heterocycles. The van der Waals surface area contributed by atoms with Gasteiger partial charge in [0, 0.05) is 36.7 Å². The van der Waals surface area contributed by atoms with Crippen molar-refractivity contribution in [1.82, 2.24) is 9.80 Å². The van der Waals surface area contributed by atoms with Crippen LogP contribution in [0, 0.1) is 0 Å². The third kappa shape index (κ3) is 4.43. The maximum Gasteiger partial charge on any atom is 0.254 e. The van der Waals surface area contributed by atoms with E-state index in [0.717, 1.165) is 42.8 Å². The number of aliphatic hydroxyl groups excluding tert-OH is 1. The van der Waals surface area contributed by atoms with E-state index in [2.05, 4.69) is 35.2 Å². The fourth-order valence-electron chi connectivity index (χ4n) is 6.04. The molecule has 0 spiro atoms. The number of rotatable bonds is 5. The second-order valence-electron chi connectivity index (χ2n) is 9.96. The van der Waals surface area contributed by atoms with Crippen LogP contribution in [0.4, 0.5) is 0 Å². The molecule has 3 aliphatic heterocycles. The second-order valence-corrected chi connectivity index (χ2v) is 9.96. The van der Waals surface area contributed by atoms with Crippen molar-refractivity contribution >= 4 is 5.91 Å². The highest BCUT2D eigenvalue weighted by Gasteiger charge is 2.49. The van der Waals surface area contributed by atoms with Crippen molar-refractivity contribution < 1.29 is 24.1 Å². The fraction of sp³-hybridized carbons (Fsp3) is 0.367. The Kier molecular flexibility index (Phi) is 6.49. The largest absolute Gasteiger partial charge is 0.497 e. The van der Waals surface area contributed by atoms with Crippen molar-refractivity contribution in [1.29, 1.82) is 0 Å². The summed E-state index contributed by atoms with van der Waals surface area (Å²) in [5.41, 5.74) is 4.04. The lowest BCUT2D eigenvalue weighted by atomic mass is 9.74. The predicted octanol–water partition coefficient (Wildman–Crippen LogP) is 4.16. The van der Waals surface area contributed by atoms with Gasteiger partial charge < -0.3 is 24.2 Å². The lowest BCUT2D eigenvalue weighted by Gasteiger charge is -2.57. The molecule has 0 saturated carbocycles. The summed E-state index contributed by atoms with van der Waals surface area (Å²) in [6.45, 7) is 2.60. The van der Waals surface area contributed by atoms with E-state index in [4.69, 9.17) is 14.2 Å². The lowest BCUT2D eigenvalue weighted by molar-refractivity contribution is -0.0606. The van der Waals surface area contributed by atoms with Gasteiger partial charge in [-0.05, 0) is 66.4 Å². The Morgan fingerprint density at radius 1 is 0.973 bits per heavy atom. The topological polar surface area (TPSA) is 71.5 Å². The second kappa shape index (κ2) is 10.1. The number of methoxy groups -OCH3 is 1. The summed E-state index contributed by atoms with van der Waals surface area (Å²) in [6, 6.07) is 22.3. The van der Waals surface area contributed by atoms with Gasteiger partial charge in [-0.15, -0.1) is 0 Å². The van der Waals surface area contributed by atoms with E-state index in [0.29, 0.717) is 23.6 Å². The first-order valence-corrected chi connectivity index (χ1v) is 13.0. The standard InChI is InChI=1S/C30H32N2O5/c1-35-24-6-4-5-22(15-24)20-7-9-21(10-8-20)29-25-17-31(13-2-3-14-32(25)26(29)18-33)30(34)23-11-12-27-28(16-23)37-19-36-27/h4-12,15-16,25-26,29,33H,2-3,13-14,17-19H2,1H3/t25-,26+,29-/m1/s1. The molecule has 0 radical (unpaired) electrons. The highest BCUT2D eigenvalue weighted by Crippen LogP contribution is 2.43. The molecule has 2 saturated heterocycles. The molecule has 37 heavy (non-hydrogen) atoms. The SMILES string of the molecule is COc1cccc(-c2ccc([C@@H]3[C@H]4CN(C(=O)c5ccc6c(c5)OCO6)CCCCN4[C@H]3CO)cc2)c1. The van der Waals surface area contributed by atoms with Crippen LogP contribution in [0.2, 0.25) is 0 Å². The molecular weight excluding hydrogens is 468 g/mol. The summed E-state index contributed by atoms with van der Waals surface area (Å²) in [5, 5.41) is 10.3. The number of carbonyl (C=O) groups is 1. The van der Waals surface area contributed by atoms with Gasteiger partial charge in [0.25, 0.3) is 5.91 Å². The first-order chi connectivity index (χ1) is 18.2. The maximum atomic E-state index is 13.5. The van der Waals surface area contributed by atoms with Crippen LogP contribution in [0.25, 0.3) is 11.1 Å². The van der Waals surface area contributed by atoms with E-state index in [1.54, 1.807) is 13.2 Å². The van der Waals surface area contributed by atoms with Crippen LogP contribution in [0.15, 0.2) is 66.7 Å². The zero-order chi connectivity index (χ0) is 25.4. The van der Waals surface area contributed by atoms with E-state index in [1.165, 1.54) is 5.56 Å². The molecule has 1 N–H and O–H groups in total. The zero-order valence-electron chi connectivity index (χ0n) is 21.0. The van der Waals surface area contributed by atoms with Crippen LogP contribution in [0.1, 0.15) is 34.7 Å². The average Bonchev–Trinajstić information content (AvgIpc) is 3.40. The quantitative estimate of drug-likeness (QED) is 0.568. The summed E-state index contributed by atoms with van der Waals surface area (Å²) < 4.78 is 16.3. The van der Waals surface area contributed by atoms with Crippen molar-refractivity contribution in [3.63, 3.8) is 0 Å². The minimum Gasteiger partial charge on any atom is -0.497 e. The van der Waals surface area contributed by atoms with Crippen molar-refractivity contribution in [2.45, 2.75) is 30.8 Å². The number of hydrogen-bond donors (Lipinski definition) is 1. The number of carbonyl (C=O) groups excluding carboxylic acids is 1. The monoisotopic (exact) mass is 500 g/mol. The van der Waals surface area contributed by atoms with Gasteiger partial charge in [0.1, 0.15) is 5.75 Å². The molecule has 6 rings (SSSR count). The Hall–Kier alpha value is -3.55. The molecule has 7 heteroatoms. The molecule has 0 aliphatic carbocycles. The fourth-order valence-corrected chi connectivity index (χ4v) is 6.04. The minimum absolute atomic E-state index is 0.0136. The highest BCUT2D eigenvalue weighted by atomic mass is 16.7. The van der Waals surface area contributed by atoms with Gasteiger partial charge >= 0.3 is 0 Å². The van der Waals surface area contributed by atoms with Crippen molar-refractivity contribution in [3.8, 4) is 28.4 Å². The smallest absolute Gasteiger partial charge is 0.254 e. The van der Waals surface area contributed by atoms with E-state index < -0.39 is 0 Å². The number of hydrogen-bond acceptors (Lipinski definition) is 6. The van der Waals surface area contributed by atoms with E-state index in [9.17, 15) is 9.90 Å². The first kappa shape index (κ1) is 23.8. The Morgan fingerprint density at radius 2 is 1.78 bits per heavy atom. The number of fused-ring (bicyclic) bond motifs is 2. The Bertz CT molecular complexity index is 1280. The van der Waals surface area contributed by atoms with Crippen LogP contribution >= 0.6 is 0 Å². The molecule has 3 atom stereocenters. The van der Waals surface area contributed by atoms with Crippen molar-refractivity contribution in [2.24, 2.45) is 0 Å². The minimum atomic E-state index is 0.0136.